The molecule has 6 nitrogen and oxygen atoms in total. The molecule has 1 aromatic carbocycles. The van der Waals surface area contributed by atoms with E-state index in [2.05, 4.69) is 14.3 Å². The van der Waals surface area contributed by atoms with Crippen LogP contribution in [-0.4, -0.2) is 33.5 Å². The summed E-state index contributed by atoms with van der Waals surface area (Å²) in [6.07, 6.45) is 5.34. The fraction of sp³-hybridized carbons (Fsp3) is 0.158. The summed E-state index contributed by atoms with van der Waals surface area (Å²) in [6, 6.07) is 5.81. The maximum absolute atomic E-state index is 5.46. The first-order chi connectivity index (χ1) is 12.7. The van der Waals surface area contributed by atoms with Crippen molar-refractivity contribution in [2.45, 2.75) is 6.92 Å². The van der Waals surface area contributed by atoms with E-state index < -0.39 is 0 Å². The second-order valence-corrected chi connectivity index (χ2v) is 6.39. The molecule has 0 fully saturated rings. The van der Waals surface area contributed by atoms with Gasteiger partial charge in [-0.2, -0.15) is 0 Å². The molecule has 7 heteroatoms. The van der Waals surface area contributed by atoms with Crippen LogP contribution in [0.3, 0.4) is 0 Å². The Morgan fingerprint density at radius 1 is 0.885 bits per heavy atom. The van der Waals surface area contributed by atoms with E-state index in [0.717, 1.165) is 39.1 Å². The second-order valence-electron chi connectivity index (χ2n) is 5.74. The van der Waals surface area contributed by atoms with Gasteiger partial charge < -0.3 is 9.47 Å². The lowest BCUT2D eigenvalue weighted by Crippen LogP contribution is -1.96. The van der Waals surface area contributed by atoms with Gasteiger partial charge in [-0.25, -0.2) is 9.36 Å². The minimum Gasteiger partial charge on any atom is -0.493 e. The first-order valence-corrected chi connectivity index (χ1v) is 8.79. The van der Waals surface area contributed by atoms with Crippen molar-refractivity contribution in [1.29, 1.82) is 0 Å². The fourth-order valence-corrected chi connectivity index (χ4v) is 3.31. The maximum Gasteiger partial charge on any atom is 0.162 e. The standard InChI is InChI=1S/C19H16N4O2S/c1-11-7-21-17(9-20-11)13-4-15(12-8-22-26-10-12)23-16-6-19(25-3)18(24-2)5-14(13)16/h4-10H,1-3H3. The molecule has 130 valence electrons. The number of nitrogens with zero attached hydrogens (tertiary/aromatic N) is 4. The zero-order valence-electron chi connectivity index (χ0n) is 14.6. The Kier molecular flexibility index (Phi) is 4.22. The van der Waals surface area contributed by atoms with Crippen LogP contribution in [0.4, 0.5) is 0 Å². The highest BCUT2D eigenvalue weighted by Crippen LogP contribution is 2.37. The number of pyridine rings is 1. The molecule has 0 atom stereocenters. The van der Waals surface area contributed by atoms with Gasteiger partial charge in [0.2, 0.25) is 0 Å². The van der Waals surface area contributed by atoms with Crippen LogP contribution in [0.5, 0.6) is 11.5 Å². The summed E-state index contributed by atoms with van der Waals surface area (Å²) in [5, 5.41) is 2.90. The summed E-state index contributed by atoms with van der Waals surface area (Å²) in [4.78, 5) is 13.7. The molecule has 0 bridgehead atoms. The summed E-state index contributed by atoms with van der Waals surface area (Å²) < 4.78 is 15.1. The lowest BCUT2D eigenvalue weighted by Gasteiger charge is -2.13. The monoisotopic (exact) mass is 364 g/mol. The van der Waals surface area contributed by atoms with Gasteiger partial charge in [-0.15, -0.1) is 0 Å². The highest BCUT2D eigenvalue weighted by Gasteiger charge is 2.15. The van der Waals surface area contributed by atoms with E-state index in [0.29, 0.717) is 11.5 Å². The van der Waals surface area contributed by atoms with Gasteiger partial charge >= 0.3 is 0 Å². The van der Waals surface area contributed by atoms with E-state index in [1.807, 2.05) is 36.7 Å². The van der Waals surface area contributed by atoms with Crippen molar-refractivity contribution in [3.8, 4) is 34.0 Å². The van der Waals surface area contributed by atoms with Gasteiger partial charge in [-0.05, 0) is 30.6 Å². The highest BCUT2D eigenvalue weighted by molar-refractivity contribution is 7.03. The number of methoxy groups -OCH3 is 2. The van der Waals surface area contributed by atoms with Crippen LogP contribution in [0.2, 0.25) is 0 Å². The van der Waals surface area contributed by atoms with Gasteiger partial charge in [-0.1, -0.05) is 0 Å². The van der Waals surface area contributed by atoms with Crippen LogP contribution >= 0.6 is 11.5 Å². The van der Waals surface area contributed by atoms with E-state index in [-0.39, 0.29) is 0 Å². The Balaban J connectivity index is 2.04. The number of ether oxygens (including phenoxy) is 2. The number of benzene rings is 1. The molecular weight excluding hydrogens is 348 g/mol. The van der Waals surface area contributed by atoms with Crippen molar-refractivity contribution in [2.24, 2.45) is 0 Å². The van der Waals surface area contributed by atoms with Crippen molar-refractivity contribution < 1.29 is 9.47 Å². The Morgan fingerprint density at radius 3 is 2.35 bits per heavy atom. The molecule has 0 N–H and O–H groups in total. The summed E-state index contributed by atoms with van der Waals surface area (Å²) >= 11 is 1.39. The molecule has 26 heavy (non-hydrogen) atoms. The molecule has 3 aromatic heterocycles. The number of fused-ring (bicyclic) bond motifs is 1. The fourth-order valence-electron chi connectivity index (χ4n) is 2.78. The van der Waals surface area contributed by atoms with Crippen LogP contribution in [0.1, 0.15) is 5.69 Å². The van der Waals surface area contributed by atoms with Gasteiger partial charge in [0.25, 0.3) is 0 Å². The van der Waals surface area contributed by atoms with E-state index in [1.54, 1.807) is 26.6 Å². The van der Waals surface area contributed by atoms with Gasteiger partial charge in [0, 0.05) is 34.2 Å². The number of hydrogen-bond acceptors (Lipinski definition) is 7. The van der Waals surface area contributed by atoms with Crippen LogP contribution in [0, 0.1) is 6.92 Å². The van der Waals surface area contributed by atoms with Crippen LogP contribution in [0.25, 0.3) is 33.4 Å². The van der Waals surface area contributed by atoms with E-state index >= 15 is 0 Å². The predicted octanol–water partition coefficient (Wildman–Crippen LogP) is 4.14. The summed E-state index contributed by atoms with van der Waals surface area (Å²) in [6.45, 7) is 1.91. The number of aryl methyl sites for hydroxylation is 1. The smallest absolute Gasteiger partial charge is 0.162 e. The third kappa shape index (κ3) is 2.86. The quantitative estimate of drug-likeness (QED) is 0.542. The van der Waals surface area contributed by atoms with Gasteiger partial charge in [0.15, 0.2) is 11.5 Å². The van der Waals surface area contributed by atoms with Crippen LogP contribution < -0.4 is 9.47 Å². The average Bonchev–Trinajstić information content (AvgIpc) is 3.21. The summed E-state index contributed by atoms with van der Waals surface area (Å²) in [7, 11) is 3.23. The molecule has 3 heterocycles. The SMILES string of the molecule is COc1cc2nc(-c3cnsc3)cc(-c3cnc(C)cn3)c2cc1OC. The number of aromatic nitrogens is 4. The molecule has 0 saturated heterocycles. The molecule has 0 saturated carbocycles. The molecule has 4 aromatic rings. The average molecular weight is 364 g/mol. The summed E-state index contributed by atoms with van der Waals surface area (Å²) in [5.74, 6) is 1.28. The molecule has 0 aliphatic rings. The van der Waals surface area contributed by atoms with Crippen molar-refractivity contribution >= 4 is 22.4 Å². The van der Waals surface area contributed by atoms with Crippen LogP contribution in [0.15, 0.2) is 42.2 Å². The Bertz CT molecular complexity index is 1060. The van der Waals surface area contributed by atoms with E-state index in [1.165, 1.54) is 11.5 Å². The Hall–Kier alpha value is -3.06. The number of hydrogen-bond donors (Lipinski definition) is 0. The third-order valence-electron chi connectivity index (χ3n) is 4.10. The number of rotatable bonds is 4. The largest absolute Gasteiger partial charge is 0.493 e. The summed E-state index contributed by atoms with van der Waals surface area (Å²) in [5.41, 5.74) is 5.17. The molecule has 0 aliphatic heterocycles. The first-order valence-electron chi connectivity index (χ1n) is 7.95. The zero-order valence-corrected chi connectivity index (χ0v) is 15.4. The topological polar surface area (TPSA) is 70.0 Å². The molecule has 0 amide bonds. The molecular formula is C19H16N4O2S. The highest BCUT2D eigenvalue weighted by atomic mass is 32.1. The zero-order chi connectivity index (χ0) is 18.1. The van der Waals surface area contributed by atoms with Gasteiger partial charge in [-0.3, -0.25) is 9.97 Å². The van der Waals surface area contributed by atoms with Crippen molar-refractivity contribution in [2.75, 3.05) is 14.2 Å². The first kappa shape index (κ1) is 16.4. The van der Waals surface area contributed by atoms with Gasteiger partial charge in [0.05, 0.1) is 49.2 Å². The Morgan fingerprint density at radius 2 is 1.69 bits per heavy atom. The van der Waals surface area contributed by atoms with Gasteiger partial charge in [0.1, 0.15) is 0 Å². The second kappa shape index (κ2) is 6.68. The van der Waals surface area contributed by atoms with Crippen molar-refractivity contribution in [3.63, 3.8) is 0 Å². The lowest BCUT2D eigenvalue weighted by atomic mass is 10.0. The minimum atomic E-state index is 0.633. The molecule has 4 rings (SSSR count). The lowest BCUT2D eigenvalue weighted by molar-refractivity contribution is 0.356. The molecule has 0 spiro atoms. The van der Waals surface area contributed by atoms with E-state index in [9.17, 15) is 0 Å². The molecule has 0 aliphatic carbocycles. The van der Waals surface area contributed by atoms with Crippen molar-refractivity contribution in [3.05, 3.63) is 47.9 Å². The van der Waals surface area contributed by atoms with Crippen molar-refractivity contribution in [1.82, 2.24) is 19.3 Å². The van der Waals surface area contributed by atoms with E-state index in [4.69, 9.17) is 14.5 Å². The minimum absolute atomic E-state index is 0.633. The Labute approximate surface area is 154 Å². The normalized spacial score (nSPS) is 10.9. The maximum atomic E-state index is 5.46. The third-order valence-corrected chi connectivity index (χ3v) is 4.69. The van der Waals surface area contributed by atoms with Crippen LogP contribution in [-0.2, 0) is 0 Å². The predicted molar refractivity (Wildman–Crippen MR) is 102 cm³/mol. The molecule has 0 unspecified atom stereocenters. The molecule has 0 radical (unpaired) electrons.